The molecule has 4 heteroatoms. The van der Waals surface area contributed by atoms with E-state index in [0.29, 0.717) is 5.76 Å². The first-order valence-electron chi connectivity index (χ1n) is 11.4. The molecular weight excluding hydrogens is 376 g/mol. The van der Waals surface area contributed by atoms with Gasteiger partial charge in [0.25, 0.3) is 0 Å². The maximum atomic E-state index is 11.9. The molecule has 0 saturated carbocycles. The summed E-state index contributed by atoms with van der Waals surface area (Å²) in [5, 5.41) is 11.9. The maximum Gasteiger partial charge on any atom is 0.121 e. The van der Waals surface area contributed by atoms with Crippen LogP contribution in [0.3, 0.4) is 0 Å². The molecule has 0 amide bonds. The third kappa shape index (κ3) is 4.86. The normalized spacial score (nSPS) is 18.8. The molecule has 1 heterocycles. The van der Waals surface area contributed by atoms with E-state index in [1.807, 2.05) is 0 Å². The van der Waals surface area contributed by atoms with Gasteiger partial charge in [0.15, 0.2) is 0 Å². The zero-order valence-electron chi connectivity index (χ0n) is 18.7. The molecule has 0 fully saturated rings. The second-order valence-electron chi connectivity index (χ2n) is 8.77. The summed E-state index contributed by atoms with van der Waals surface area (Å²) in [6.45, 7) is 4.47. The summed E-state index contributed by atoms with van der Waals surface area (Å²) >= 11 is 1.71. The number of fused-ring (bicyclic) bond motifs is 1. The predicted molar refractivity (Wildman–Crippen MR) is 128 cm³/mol. The number of allylic oxidation sites excluding steroid dienone is 3. The van der Waals surface area contributed by atoms with Crippen molar-refractivity contribution in [2.24, 2.45) is 0 Å². The predicted octanol–water partition coefficient (Wildman–Crippen LogP) is 7.25. The standard InChI is InChI=1S/C25H38N2OS/c1-5-7-16-25(17-8-6-2)24(28)23(19-12-10-9-11-13-19)21-18-20(27(3)4)14-15-22(21)29-26-25/h12,14-15,18,26,28H,5-11,13,16-17H2,1-4H3. The molecule has 3 rings (SSSR count). The van der Waals surface area contributed by atoms with Crippen LogP contribution in [0, 0.1) is 0 Å². The minimum Gasteiger partial charge on any atom is -0.510 e. The Labute approximate surface area is 181 Å². The first kappa shape index (κ1) is 22.3. The molecule has 0 bridgehead atoms. The molecule has 1 aliphatic heterocycles. The molecule has 2 aliphatic rings. The Bertz CT molecular complexity index is 758. The van der Waals surface area contributed by atoms with E-state index in [-0.39, 0.29) is 5.54 Å². The molecular formula is C25H38N2OS. The van der Waals surface area contributed by atoms with Crippen LogP contribution in [-0.2, 0) is 0 Å². The zero-order chi connectivity index (χ0) is 20.9. The zero-order valence-corrected chi connectivity index (χ0v) is 19.5. The Kier molecular flexibility index (Phi) is 7.75. The molecule has 1 aromatic carbocycles. The van der Waals surface area contributed by atoms with E-state index in [1.165, 1.54) is 34.6 Å². The van der Waals surface area contributed by atoms with Gasteiger partial charge in [-0.25, -0.2) is 4.72 Å². The Morgan fingerprint density at radius 1 is 1.10 bits per heavy atom. The highest BCUT2D eigenvalue weighted by atomic mass is 32.2. The number of unbranched alkanes of at least 4 members (excludes halogenated alkanes) is 2. The lowest BCUT2D eigenvalue weighted by Gasteiger charge is -2.34. The Balaban J connectivity index is 2.19. The summed E-state index contributed by atoms with van der Waals surface area (Å²) in [6.07, 6.45) is 13.5. The smallest absolute Gasteiger partial charge is 0.121 e. The average molecular weight is 415 g/mol. The number of anilines is 1. The molecule has 3 nitrogen and oxygen atoms in total. The minimum atomic E-state index is -0.346. The number of nitrogens with zero attached hydrogens (tertiary/aromatic N) is 1. The summed E-state index contributed by atoms with van der Waals surface area (Å²) in [5.74, 6) is 0.578. The molecule has 0 radical (unpaired) electrons. The summed E-state index contributed by atoms with van der Waals surface area (Å²) in [7, 11) is 4.17. The molecule has 0 spiro atoms. The monoisotopic (exact) mass is 414 g/mol. The summed E-state index contributed by atoms with van der Waals surface area (Å²) in [6, 6.07) is 6.66. The molecule has 160 valence electrons. The maximum absolute atomic E-state index is 11.9. The Morgan fingerprint density at radius 2 is 1.83 bits per heavy atom. The van der Waals surface area contributed by atoms with E-state index in [9.17, 15) is 5.11 Å². The van der Waals surface area contributed by atoms with Crippen molar-refractivity contribution in [3.05, 3.63) is 41.2 Å². The van der Waals surface area contributed by atoms with E-state index in [2.05, 4.69) is 61.8 Å². The largest absolute Gasteiger partial charge is 0.510 e. The summed E-state index contributed by atoms with van der Waals surface area (Å²) in [4.78, 5) is 3.37. The van der Waals surface area contributed by atoms with Crippen LogP contribution < -0.4 is 9.62 Å². The van der Waals surface area contributed by atoms with Gasteiger partial charge in [-0.05, 0) is 74.2 Å². The summed E-state index contributed by atoms with van der Waals surface area (Å²) in [5.41, 5.74) is 4.47. The number of aliphatic hydroxyl groups is 1. The topological polar surface area (TPSA) is 35.5 Å². The van der Waals surface area contributed by atoms with Gasteiger partial charge in [-0.2, -0.15) is 0 Å². The third-order valence-corrected chi connectivity index (χ3v) is 7.39. The lowest BCUT2D eigenvalue weighted by Crippen LogP contribution is -2.43. The van der Waals surface area contributed by atoms with Crippen molar-refractivity contribution in [3.8, 4) is 0 Å². The molecule has 29 heavy (non-hydrogen) atoms. The van der Waals surface area contributed by atoms with Crippen molar-refractivity contribution in [2.75, 3.05) is 19.0 Å². The van der Waals surface area contributed by atoms with Crippen molar-refractivity contribution < 1.29 is 5.11 Å². The fourth-order valence-electron chi connectivity index (χ4n) is 4.46. The van der Waals surface area contributed by atoms with Crippen LogP contribution in [0.4, 0.5) is 5.69 Å². The molecule has 1 aliphatic carbocycles. The number of benzene rings is 1. The van der Waals surface area contributed by atoms with E-state index in [1.54, 1.807) is 11.9 Å². The lowest BCUT2D eigenvalue weighted by atomic mass is 9.79. The first-order valence-corrected chi connectivity index (χ1v) is 12.2. The van der Waals surface area contributed by atoms with Crippen LogP contribution >= 0.6 is 11.9 Å². The van der Waals surface area contributed by atoms with Crippen molar-refractivity contribution >= 4 is 23.2 Å². The second kappa shape index (κ2) is 10.1. The molecule has 1 aromatic rings. The highest BCUT2D eigenvalue weighted by Crippen LogP contribution is 2.46. The van der Waals surface area contributed by atoms with Gasteiger partial charge in [0.1, 0.15) is 5.76 Å². The van der Waals surface area contributed by atoms with Crippen molar-refractivity contribution in [3.63, 3.8) is 0 Å². The van der Waals surface area contributed by atoms with Crippen LogP contribution in [0.15, 0.2) is 40.5 Å². The van der Waals surface area contributed by atoms with Crippen molar-refractivity contribution in [2.45, 2.75) is 88.5 Å². The van der Waals surface area contributed by atoms with Crippen molar-refractivity contribution in [1.29, 1.82) is 0 Å². The Morgan fingerprint density at radius 3 is 2.41 bits per heavy atom. The van der Waals surface area contributed by atoms with Crippen LogP contribution in [-0.4, -0.2) is 24.7 Å². The first-order chi connectivity index (χ1) is 14.0. The SMILES string of the molecule is CCCCC1(CCCC)NSc2ccc(N(C)C)cc2C(C2=CCCCC2)=C1O. The molecule has 0 aromatic heterocycles. The van der Waals surface area contributed by atoms with Crippen LogP contribution in [0.2, 0.25) is 0 Å². The number of hydrogen-bond donors (Lipinski definition) is 2. The van der Waals surface area contributed by atoms with E-state index >= 15 is 0 Å². The number of aliphatic hydroxyl groups excluding tert-OH is 1. The highest BCUT2D eigenvalue weighted by molar-refractivity contribution is 7.97. The van der Waals surface area contributed by atoms with E-state index in [0.717, 1.165) is 56.9 Å². The highest BCUT2D eigenvalue weighted by Gasteiger charge is 2.39. The number of nitrogens with one attached hydrogen (secondary N) is 1. The van der Waals surface area contributed by atoms with Gasteiger partial charge in [0.2, 0.25) is 0 Å². The van der Waals surface area contributed by atoms with Crippen LogP contribution in [0.25, 0.3) is 5.57 Å². The van der Waals surface area contributed by atoms with E-state index in [4.69, 9.17) is 0 Å². The van der Waals surface area contributed by atoms with E-state index < -0.39 is 0 Å². The fraction of sp³-hybridized carbons (Fsp3) is 0.600. The number of hydrogen-bond acceptors (Lipinski definition) is 4. The van der Waals surface area contributed by atoms with Crippen LogP contribution in [0.5, 0.6) is 0 Å². The molecule has 0 unspecified atom stereocenters. The van der Waals surface area contributed by atoms with Gasteiger partial charge >= 0.3 is 0 Å². The second-order valence-corrected chi connectivity index (χ2v) is 9.62. The van der Waals surface area contributed by atoms with Gasteiger partial charge in [-0.3, -0.25) is 0 Å². The molecule has 2 N–H and O–H groups in total. The minimum absolute atomic E-state index is 0.346. The lowest BCUT2D eigenvalue weighted by molar-refractivity contribution is 0.248. The molecule has 0 saturated heterocycles. The van der Waals surface area contributed by atoms with Gasteiger partial charge in [0.05, 0.1) is 5.54 Å². The van der Waals surface area contributed by atoms with Gasteiger partial charge in [-0.15, -0.1) is 0 Å². The summed E-state index contributed by atoms with van der Waals surface area (Å²) < 4.78 is 3.76. The third-order valence-electron chi connectivity index (χ3n) is 6.32. The van der Waals surface area contributed by atoms with Gasteiger partial charge < -0.3 is 10.0 Å². The van der Waals surface area contributed by atoms with Crippen LogP contribution in [0.1, 0.15) is 83.6 Å². The van der Waals surface area contributed by atoms with Gasteiger partial charge in [-0.1, -0.05) is 45.6 Å². The average Bonchev–Trinajstić information content (AvgIpc) is 2.86. The fourth-order valence-corrected chi connectivity index (χ4v) is 5.47. The van der Waals surface area contributed by atoms with Gasteiger partial charge in [0, 0.05) is 35.8 Å². The quantitative estimate of drug-likeness (QED) is 0.439. The molecule has 0 atom stereocenters. The number of rotatable bonds is 8. The Hall–Kier alpha value is -1.39. The van der Waals surface area contributed by atoms with Crippen molar-refractivity contribution in [1.82, 2.24) is 4.72 Å².